The topological polar surface area (TPSA) is 20.3 Å². The van der Waals surface area contributed by atoms with Crippen molar-refractivity contribution >= 4 is 6.29 Å². The van der Waals surface area contributed by atoms with Crippen molar-refractivity contribution in [3.8, 4) is 0 Å². The van der Waals surface area contributed by atoms with Crippen LogP contribution in [0.5, 0.6) is 0 Å². The summed E-state index contributed by atoms with van der Waals surface area (Å²) >= 11 is 0. The molecule has 0 N–H and O–H groups in total. The lowest BCUT2D eigenvalue weighted by Crippen LogP contribution is -2.30. The second-order valence-corrected chi connectivity index (χ2v) is 6.46. The van der Waals surface area contributed by atoms with Crippen LogP contribution in [0.15, 0.2) is 0 Å². The Bertz CT molecular complexity index is 268. The van der Waals surface area contributed by atoms with E-state index in [4.69, 9.17) is 0 Å². The van der Waals surface area contributed by atoms with Gasteiger partial charge < -0.3 is 4.79 Å². The molecule has 0 bridgehead atoms. The number of hydrogen-bond donors (Lipinski definition) is 0. The fraction of sp³-hybridized carbons (Fsp3) is 0.923. The largest absolute Gasteiger partial charge is 0.302 e. The molecule has 1 saturated heterocycles. The normalized spacial score (nSPS) is 41.1. The van der Waals surface area contributed by atoms with Crippen LogP contribution in [0.3, 0.4) is 0 Å². The summed E-state index contributed by atoms with van der Waals surface area (Å²) in [5.41, 5.74) is 0.900. The molecule has 1 aliphatic heterocycles. The van der Waals surface area contributed by atoms with E-state index in [1.54, 1.807) is 0 Å². The molecule has 2 fully saturated rings. The zero-order chi connectivity index (χ0) is 11.3. The molecule has 1 saturated carbocycles. The van der Waals surface area contributed by atoms with Crippen molar-refractivity contribution in [1.82, 2.24) is 4.90 Å². The predicted octanol–water partition coefficient (Wildman–Crippen LogP) is 2.33. The van der Waals surface area contributed by atoms with Crippen LogP contribution in [0.2, 0.25) is 0 Å². The Kier molecular flexibility index (Phi) is 2.45. The van der Waals surface area contributed by atoms with E-state index in [9.17, 15) is 4.79 Å². The maximum absolute atomic E-state index is 11.0. The van der Waals surface area contributed by atoms with Gasteiger partial charge in [0.15, 0.2) is 0 Å². The molecule has 0 aromatic rings. The zero-order valence-corrected chi connectivity index (χ0v) is 10.4. The van der Waals surface area contributed by atoms with Crippen molar-refractivity contribution in [2.75, 3.05) is 13.1 Å². The van der Waals surface area contributed by atoms with E-state index >= 15 is 0 Å². The molecule has 1 spiro atoms. The molecule has 0 aromatic heterocycles. The second kappa shape index (κ2) is 3.31. The van der Waals surface area contributed by atoms with E-state index in [2.05, 4.69) is 32.6 Å². The van der Waals surface area contributed by atoms with Crippen LogP contribution in [0, 0.1) is 16.7 Å². The summed E-state index contributed by atoms with van der Waals surface area (Å²) in [6.07, 6.45) is 3.58. The van der Waals surface area contributed by atoms with Gasteiger partial charge >= 0.3 is 0 Å². The van der Waals surface area contributed by atoms with Crippen molar-refractivity contribution in [2.45, 2.75) is 46.6 Å². The number of carbonyl (C=O) groups is 1. The van der Waals surface area contributed by atoms with Gasteiger partial charge in [-0.3, -0.25) is 4.90 Å². The van der Waals surface area contributed by atoms with Gasteiger partial charge in [0.05, 0.1) is 6.04 Å². The highest BCUT2D eigenvalue weighted by Crippen LogP contribution is 2.66. The van der Waals surface area contributed by atoms with Crippen LogP contribution in [0.4, 0.5) is 0 Å². The Hall–Kier alpha value is -0.370. The van der Waals surface area contributed by atoms with Gasteiger partial charge in [-0.05, 0) is 36.1 Å². The summed E-state index contributed by atoms with van der Waals surface area (Å²) < 4.78 is 0. The van der Waals surface area contributed by atoms with Gasteiger partial charge in [-0.25, -0.2) is 0 Å². The Labute approximate surface area is 93.0 Å². The van der Waals surface area contributed by atoms with Crippen molar-refractivity contribution in [3.63, 3.8) is 0 Å². The lowest BCUT2D eigenvalue weighted by molar-refractivity contribution is -0.111. The molecule has 0 aromatic carbocycles. The molecular formula is C13H23NO. The van der Waals surface area contributed by atoms with Gasteiger partial charge in [0.25, 0.3) is 0 Å². The molecule has 2 aliphatic rings. The molecule has 1 heterocycles. The smallest absolute Gasteiger partial charge is 0.137 e. The first kappa shape index (κ1) is 11.1. The molecule has 2 rings (SSSR count). The van der Waals surface area contributed by atoms with Gasteiger partial charge in [0, 0.05) is 6.54 Å². The van der Waals surface area contributed by atoms with Gasteiger partial charge in [-0.1, -0.05) is 27.7 Å². The van der Waals surface area contributed by atoms with Crippen molar-refractivity contribution < 1.29 is 4.79 Å². The Morgan fingerprint density at radius 3 is 2.40 bits per heavy atom. The summed E-state index contributed by atoms with van der Waals surface area (Å²) in [7, 11) is 0. The predicted molar refractivity (Wildman–Crippen MR) is 61.7 cm³/mol. The highest BCUT2D eigenvalue weighted by atomic mass is 16.1. The van der Waals surface area contributed by atoms with Crippen molar-refractivity contribution in [1.29, 1.82) is 0 Å². The number of aldehydes is 1. The second-order valence-electron chi connectivity index (χ2n) is 6.46. The highest BCUT2D eigenvalue weighted by molar-refractivity contribution is 5.59. The molecule has 0 radical (unpaired) electrons. The van der Waals surface area contributed by atoms with Crippen LogP contribution in [0.25, 0.3) is 0 Å². The molecule has 15 heavy (non-hydrogen) atoms. The number of rotatable bonds is 2. The van der Waals surface area contributed by atoms with E-state index in [1.807, 2.05) is 0 Å². The van der Waals surface area contributed by atoms with Crippen molar-refractivity contribution in [2.24, 2.45) is 16.7 Å². The Morgan fingerprint density at radius 1 is 1.40 bits per heavy atom. The van der Waals surface area contributed by atoms with Gasteiger partial charge in [0.2, 0.25) is 0 Å². The first-order valence-electron chi connectivity index (χ1n) is 6.12. The van der Waals surface area contributed by atoms with Gasteiger partial charge in [0.1, 0.15) is 6.29 Å². The van der Waals surface area contributed by atoms with E-state index < -0.39 is 0 Å². The zero-order valence-electron chi connectivity index (χ0n) is 10.4. The third-order valence-corrected chi connectivity index (χ3v) is 4.40. The first-order chi connectivity index (χ1) is 6.93. The maximum Gasteiger partial charge on any atom is 0.137 e. The van der Waals surface area contributed by atoms with Crippen LogP contribution >= 0.6 is 0 Å². The minimum Gasteiger partial charge on any atom is -0.302 e. The maximum atomic E-state index is 11.0. The van der Waals surface area contributed by atoms with Gasteiger partial charge in [-0.15, -0.1) is 0 Å². The Morgan fingerprint density at radius 2 is 2.07 bits per heavy atom. The lowest BCUT2D eigenvalue weighted by atomic mass is 9.84. The van der Waals surface area contributed by atoms with E-state index in [0.29, 0.717) is 10.8 Å². The highest BCUT2D eigenvalue weighted by Gasteiger charge is 2.62. The van der Waals surface area contributed by atoms with Crippen LogP contribution in [-0.4, -0.2) is 30.3 Å². The molecular weight excluding hydrogens is 186 g/mol. The minimum atomic E-state index is 0.197. The summed E-state index contributed by atoms with van der Waals surface area (Å²) in [6.45, 7) is 11.3. The third-order valence-electron chi connectivity index (χ3n) is 4.40. The van der Waals surface area contributed by atoms with Crippen LogP contribution in [0.1, 0.15) is 40.5 Å². The molecule has 3 atom stereocenters. The monoisotopic (exact) mass is 209 g/mol. The van der Waals surface area contributed by atoms with Crippen LogP contribution in [-0.2, 0) is 4.79 Å². The van der Waals surface area contributed by atoms with Crippen LogP contribution < -0.4 is 0 Å². The molecule has 86 valence electrons. The molecule has 1 aliphatic carbocycles. The summed E-state index contributed by atoms with van der Waals surface area (Å²) in [5.74, 6) is 0.823. The standard InChI is InChI=1S/C13H23NO/c1-5-14-9-13(6-10(14)8-15)7-11(13)12(2,3)4/h8,10-11H,5-7,9H2,1-4H3/t10-,11-,13-/m0/s1. The average Bonchev–Trinajstić information content (AvgIpc) is 2.71. The number of carbonyl (C=O) groups excluding carboxylic acids is 1. The first-order valence-corrected chi connectivity index (χ1v) is 6.12. The summed E-state index contributed by atoms with van der Waals surface area (Å²) in [6, 6.07) is 0.197. The molecule has 0 unspecified atom stereocenters. The third kappa shape index (κ3) is 1.73. The summed E-state index contributed by atoms with van der Waals surface area (Å²) in [5, 5.41) is 0. The SMILES string of the molecule is CCN1C[C@]2(C[C@H]1C=O)C[C@H]2C(C)(C)C. The summed E-state index contributed by atoms with van der Waals surface area (Å²) in [4.78, 5) is 13.4. The van der Waals surface area contributed by atoms with E-state index in [0.717, 1.165) is 31.7 Å². The Balaban J connectivity index is 2.07. The fourth-order valence-corrected chi connectivity index (χ4v) is 3.59. The fourth-order valence-electron chi connectivity index (χ4n) is 3.59. The molecule has 2 nitrogen and oxygen atoms in total. The number of hydrogen-bond acceptors (Lipinski definition) is 2. The van der Waals surface area contributed by atoms with Gasteiger partial charge in [-0.2, -0.15) is 0 Å². The van der Waals surface area contributed by atoms with Crippen molar-refractivity contribution in [3.05, 3.63) is 0 Å². The molecule has 0 amide bonds. The van der Waals surface area contributed by atoms with E-state index in [1.165, 1.54) is 6.42 Å². The van der Waals surface area contributed by atoms with E-state index in [-0.39, 0.29) is 6.04 Å². The average molecular weight is 209 g/mol. The quantitative estimate of drug-likeness (QED) is 0.651. The minimum absolute atomic E-state index is 0.197. The number of likely N-dealkylation sites (tertiary alicyclic amines) is 1. The number of nitrogens with zero attached hydrogens (tertiary/aromatic N) is 1. The lowest BCUT2D eigenvalue weighted by Gasteiger charge is -2.22. The number of likely N-dealkylation sites (N-methyl/N-ethyl adjacent to an activating group) is 1. The molecule has 2 heteroatoms.